The summed E-state index contributed by atoms with van der Waals surface area (Å²) < 4.78 is 5.98. The molecule has 0 atom stereocenters. The third-order valence-corrected chi connectivity index (χ3v) is 3.92. The molecule has 3 rings (SSSR count). The summed E-state index contributed by atoms with van der Waals surface area (Å²) in [5.41, 5.74) is 2.63. The number of ether oxygens (including phenoxy) is 1. The van der Waals surface area contributed by atoms with Crippen LogP contribution >= 0.6 is 0 Å². The van der Waals surface area contributed by atoms with E-state index in [0.717, 1.165) is 5.75 Å². The lowest BCUT2D eigenvalue weighted by Gasteiger charge is -2.19. The predicted octanol–water partition coefficient (Wildman–Crippen LogP) is 5.72. The molecular weight excluding hydrogens is 268 g/mol. The Morgan fingerprint density at radius 2 is 1.55 bits per heavy atom. The Labute approximate surface area is 132 Å². The van der Waals surface area contributed by atoms with Gasteiger partial charge in [0, 0.05) is 0 Å². The Balaban J connectivity index is 1.76. The lowest BCUT2D eigenvalue weighted by atomic mass is 9.87. The first-order chi connectivity index (χ1) is 10.5. The molecule has 0 aliphatic carbocycles. The molecule has 3 aromatic rings. The predicted molar refractivity (Wildman–Crippen MR) is 93.4 cm³/mol. The van der Waals surface area contributed by atoms with Crippen molar-refractivity contribution in [1.29, 1.82) is 0 Å². The molecule has 112 valence electrons. The van der Waals surface area contributed by atoms with E-state index in [9.17, 15) is 0 Å². The highest BCUT2D eigenvalue weighted by Gasteiger charge is 2.13. The van der Waals surface area contributed by atoms with Crippen LogP contribution in [0.15, 0.2) is 66.7 Å². The lowest BCUT2D eigenvalue weighted by molar-refractivity contribution is 0.305. The zero-order chi connectivity index (χ0) is 15.6. The van der Waals surface area contributed by atoms with Gasteiger partial charge in [-0.2, -0.15) is 0 Å². The number of hydrogen-bond acceptors (Lipinski definition) is 1. The van der Waals surface area contributed by atoms with E-state index in [2.05, 4.69) is 81.4 Å². The molecule has 0 bridgehead atoms. The van der Waals surface area contributed by atoms with Crippen LogP contribution in [0, 0.1) is 0 Å². The molecule has 1 heteroatoms. The van der Waals surface area contributed by atoms with Crippen LogP contribution in [0.2, 0.25) is 0 Å². The van der Waals surface area contributed by atoms with Crippen molar-refractivity contribution in [2.75, 3.05) is 0 Å². The highest BCUT2D eigenvalue weighted by molar-refractivity contribution is 5.82. The molecule has 0 aromatic heterocycles. The van der Waals surface area contributed by atoms with Crippen molar-refractivity contribution in [3.63, 3.8) is 0 Å². The summed E-state index contributed by atoms with van der Waals surface area (Å²) in [5, 5.41) is 2.52. The van der Waals surface area contributed by atoms with Gasteiger partial charge in [-0.05, 0) is 45.5 Å². The standard InChI is InChI=1S/C21H22O/c1-21(2,3)19-9-6-10-20(14-19)22-15-16-11-12-17-7-4-5-8-18(17)13-16/h4-14H,15H2,1-3H3. The number of benzene rings is 3. The minimum absolute atomic E-state index is 0.141. The molecule has 0 fully saturated rings. The maximum Gasteiger partial charge on any atom is 0.120 e. The van der Waals surface area contributed by atoms with Crippen molar-refractivity contribution in [1.82, 2.24) is 0 Å². The first-order valence-electron chi connectivity index (χ1n) is 7.73. The molecule has 0 heterocycles. The van der Waals surface area contributed by atoms with E-state index in [1.165, 1.54) is 21.9 Å². The summed E-state index contributed by atoms with van der Waals surface area (Å²) in [4.78, 5) is 0. The van der Waals surface area contributed by atoms with Crippen LogP contribution in [0.3, 0.4) is 0 Å². The van der Waals surface area contributed by atoms with Gasteiger partial charge >= 0.3 is 0 Å². The fourth-order valence-electron chi connectivity index (χ4n) is 2.55. The van der Waals surface area contributed by atoms with Crippen molar-refractivity contribution in [2.45, 2.75) is 32.8 Å². The lowest BCUT2D eigenvalue weighted by Crippen LogP contribution is -2.10. The van der Waals surface area contributed by atoms with Gasteiger partial charge in [-0.25, -0.2) is 0 Å². The molecule has 1 nitrogen and oxygen atoms in total. The monoisotopic (exact) mass is 290 g/mol. The first-order valence-corrected chi connectivity index (χ1v) is 7.73. The molecule has 0 aliphatic rings. The van der Waals surface area contributed by atoms with Crippen molar-refractivity contribution in [2.24, 2.45) is 0 Å². The number of rotatable bonds is 3. The molecule has 0 N–H and O–H groups in total. The normalized spacial score (nSPS) is 11.6. The molecule has 0 unspecified atom stereocenters. The van der Waals surface area contributed by atoms with Crippen LogP contribution in [-0.4, -0.2) is 0 Å². The summed E-state index contributed by atoms with van der Waals surface area (Å²) in [6, 6.07) is 23.3. The van der Waals surface area contributed by atoms with Crippen LogP contribution in [0.5, 0.6) is 5.75 Å². The van der Waals surface area contributed by atoms with E-state index in [-0.39, 0.29) is 5.41 Å². The van der Waals surface area contributed by atoms with Gasteiger partial charge in [0.1, 0.15) is 12.4 Å². The second-order valence-electron chi connectivity index (χ2n) is 6.75. The van der Waals surface area contributed by atoms with Crippen LogP contribution in [0.25, 0.3) is 10.8 Å². The summed E-state index contributed by atoms with van der Waals surface area (Å²) >= 11 is 0. The minimum atomic E-state index is 0.141. The summed E-state index contributed by atoms with van der Waals surface area (Å²) in [6.07, 6.45) is 0. The second kappa shape index (κ2) is 5.84. The third-order valence-electron chi connectivity index (χ3n) is 3.92. The number of hydrogen-bond donors (Lipinski definition) is 0. The van der Waals surface area contributed by atoms with Crippen LogP contribution in [-0.2, 0) is 12.0 Å². The summed E-state index contributed by atoms with van der Waals surface area (Å²) in [7, 11) is 0. The average Bonchev–Trinajstić information content (AvgIpc) is 2.52. The second-order valence-corrected chi connectivity index (χ2v) is 6.75. The first kappa shape index (κ1) is 14.6. The van der Waals surface area contributed by atoms with E-state index < -0.39 is 0 Å². The molecule has 22 heavy (non-hydrogen) atoms. The van der Waals surface area contributed by atoms with Gasteiger partial charge in [0.2, 0.25) is 0 Å². The quantitative estimate of drug-likeness (QED) is 0.599. The Morgan fingerprint density at radius 3 is 2.32 bits per heavy atom. The average molecular weight is 290 g/mol. The van der Waals surface area contributed by atoms with Crippen LogP contribution in [0.4, 0.5) is 0 Å². The van der Waals surface area contributed by atoms with Crippen molar-refractivity contribution in [3.8, 4) is 5.75 Å². The van der Waals surface area contributed by atoms with Crippen molar-refractivity contribution in [3.05, 3.63) is 77.9 Å². The largest absolute Gasteiger partial charge is 0.489 e. The fourth-order valence-corrected chi connectivity index (χ4v) is 2.55. The van der Waals surface area contributed by atoms with Crippen LogP contribution < -0.4 is 4.74 Å². The Morgan fingerprint density at radius 1 is 0.773 bits per heavy atom. The maximum atomic E-state index is 5.98. The van der Waals surface area contributed by atoms with Gasteiger partial charge in [0.05, 0.1) is 0 Å². The molecule has 0 saturated heterocycles. The Hall–Kier alpha value is -2.28. The minimum Gasteiger partial charge on any atom is -0.489 e. The van der Waals surface area contributed by atoms with Crippen molar-refractivity contribution >= 4 is 10.8 Å². The number of fused-ring (bicyclic) bond motifs is 1. The van der Waals surface area contributed by atoms with Gasteiger partial charge in [-0.3, -0.25) is 0 Å². The molecule has 0 aliphatic heterocycles. The maximum absolute atomic E-state index is 5.98. The van der Waals surface area contributed by atoms with E-state index in [1.807, 2.05) is 6.07 Å². The fraction of sp³-hybridized carbons (Fsp3) is 0.238. The summed E-state index contributed by atoms with van der Waals surface area (Å²) in [6.45, 7) is 7.25. The highest BCUT2D eigenvalue weighted by atomic mass is 16.5. The van der Waals surface area contributed by atoms with Crippen molar-refractivity contribution < 1.29 is 4.74 Å². The van der Waals surface area contributed by atoms with Gasteiger partial charge in [0.15, 0.2) is 0 Å². The molecule has 0 radical (unpaired) electrons. The zero-order valence-corrected chi connectivity index (χ0v) is 13.5. The molecule has 3 aromatic carbocycles. The van der Waals surface area contributed by atoms with Crippen LogP contribution in [0.1, 0.15) is 31.9 Å². The smallest absolute Gasteiger partial charge is 0.120 e. The van der Waals surface area contributed by atoms with Gasteiger partial charge in [-0.1, -0.05) is 69.3 Å². The SMILES string of the molecule is CC(C)(C)c1cccc(OCc2ccc3ccccc3c2)c1. The molecular formula is C21H22O. The Kier molecular flexibility index (Phi) is 3.89. The van der Waals surface area contributed by atoms with E-state index >= 15 is 0 Å². The van der Waals surface area contributed by atoms with E-state index in [1.54, 1.807) is 0 Å². The van der Waals surface area contributed by atoms with Gasteiger partial charge in [0.25, 0.3) is 0 Å². The Bertz CT molecular complexity index is 781. The molecule has 0 spiro atoms. The van der Waals surface area contributed by atoms with Gasteiger partial charge < -0.3 is 4.74 Å². The zero-order valence-electron chi connectivity index (χ0n) is 13.5. The topological polar surface area (TPSA) is 9.23 Å². The van der Waals surface area contributed by atoms with Gasteiger partial charge in [-0.15, -0.1) is 0 Å². The molecule has 0 amide bonds. The third kappa shape index (κ3) is 3.30. The van der Waals surface area contributed by atoms with E-state index in [4.69, 9.17) is 4.74 Å². The van der Waals surface area contributed by atoms with E-state index in [0.29, 0.717) is 6.61 Å². The highest BCUT2D eigenvalue weighted by Crippen LogP contribution is 2.26. The summed E-state index contributed by atoms with van der Waals surface area (Å²) in [5.74, 6) is 0.931. The molecule has 0 saturated carbocycles.